The van der Waals surface area contributed by atoms with Crippen LogP contribution in [0.4, 0.5) is 5.69 Å². The quantitative estimate of drug-likeness (QED) is 0.813. The third kappa shape index (κ3) is 3.78. The standard InChI is InChI=1S/C22H29N3O/c23-21-8-4-2-5-18(21)11-14-24-12-9-17(10-13-24)15-25-16-19-6-1-3-7-20(19)22(25)26/h1-8,17,22,26H,9-16,23H2. The Balaban J connectivity index is 1.24. The molecular formula is C22H29N3O. The number of anilines is 1. The molecule has 0 amide bonds. The molecule has 4 nitrogen and oxygen atoms in total. The summed E-state index contributed by atoms with van der Waals surface area (Å²) < 4.78 is 0. The topological polar surface area (TPSA) is 52.7 Å². The van der Waals surface area contributed by atoms with Gasteiger partial charge in [-0.25, -0.2) is 0 Å². The monoisotopic (exact) mass is 351 g/mol. The number of nitrogen functional groups attached to an aromatic ring is 1. The number of piperidine rings is 1. The molecular weight excluding hydrogens is 322 g/mol. The van der Waals surface area contributed by atoms with Gasteiger partial charge < -0.3 is 15.7 Å². The Morgan fingerprint density at radius 2 is 1.73 bits per heavy atom. The van der Waals surface area contributed by atoms with Gasteiger partial charge >= 0.3 is 0 Å². The van der Waals surface area contributed by atoms with Crippen molar-refractivity contribution in [2.24, 2.45) is 5.92 Å². The van der Waals surface area contributed by atoms with E-state index in [9.17, 15) is 5.11 Å². The third-order valence-electron chi connectivity index (χ3n) is 6.00. The average Bonchev–Trinajstić information content (AvgIpc) is 2.98. The lowest BCUT2D eigenvalue weighted by Gasteiger charge is -2.34. The summed E-state index contributed by atoms with van der Waals surface area (Å²) >= 11 is 0. The van der Waals surface area contributed by atoms with E-state index in [1.165, 1.54) is 24.0 Å². The largest absolute Gasteiger partial charge is 0.399 e. The van der Waals surface area contributed by atoms with Gasteiger partial charge in [-0.2, -0.15) is 0 Å². The van der Waals surface area contributed by atoms with Crippen molar-refractivity contribution in [3.05, 3.63) is 65.2 Å². The van der Waals surface area contributed by atoms with Gasteiger partial charge in [-0.3, -0.25) is 4.90 Å². The number of aliphatic hydroxyl groups is 1. The van der Waals surface area contributed by atoms with Crippen molar-refractivity contribution in [3.63, 3.8) is 0 Å². The van der Waals surface area contributed by atoms with Crippen LogP contribution in [0, 0.1) is 5.92 Å². The lowest BCUT2D eigenvalue weighted by Crippen LogP contribution is -2.39. The zero-order valence-electron chi connectivity index (χ0n) is 15.3. The summed E-state index contributed by atoms with van der Waals surface area (Å²) in [6.45, 7) is 5.25. The Labute approximate surface area is 156 Å². The second-order valence-corrected chi connectivity index (χ2v) is 7.74. The maximum atomic E-state index is 10.6. The van der Waals surface area contributed by atoms with Gasteiger partial charge in [-0.15, -0.1) is 0 Å². The van der Waals surface area contributed by atoms with Gasteiger partial charge in [0.05, 0.1) is 0 Å². The fourth-order valence-corrected chi connectivity index (χ4v) is 4.36. The Kier molecular flexibility index (Phi) is 5.25. The van der Waals surface area contributed by atoms with E-state index >= 15 is 0 Å². The van der Waals surface area contributed by atoms with Crippen LogP contribution < -0.4 is 5.73 Å². The maximum absolute atomic E-state index is 10.6. The first kappa shape index (κ1) is 17.5. The van der Waals surface area contributed by atoms with Crippen molar-refractivity contribution in [1.82, 2.24) is 9.80 Å². The van der Waals surface area contributed by atoms with Crippen molar-refractivity contribution in [2.45, 2.75) is 32.0 Å². The number of likely N-dealkylation sites (tertiary alicyclic amines) is 1. The first-order chi connectivity index (χ1) is 12.7. The predicted molar refractivity (Wildman–Crippen MR) is 106 cm³/mol. The molecule has 2 aliphatic heterocycles. The number of para-hydroxylation sites is 1. The van der Waals surface area contributed by atoms with Crippen LogP contribution in [0.3, 0.4) is 0 Å². The van der Waals surface area contributed by atoms with Crippen LogP contribution in [0.5, 0.6) is 0 Å². The molecule has 1 saturated heterocycles. The smallest absolute Gasteiger partial charge is 0.134 e. The van der Waals surface area contributed by atoms with E-state index in [4.69, 9.17) is 5.73 Å². The van der Waals surface area contributed by atoms with Crippen molar-refractivity contribution in [1.29, 1.82) is 0 Å². The fourth-order valence-electron chi connectivity index (χ4n) is 4.36. The van der Waals surface area contributed by atoms with Crippen LogP contribution in [0.1, 0.15) is 35.8 Å². The van der Waals surface area contributed by atoms with Gasteiger partial charge in [0.2, 0.25) is 0 Å². The minimum atomic E-state index is -0.426. The highest BCUT2D eigenvalue weighted by Gasteiger charge is 2.30. The number of hydrogen-bond donors (Lipinski definition) is 2. The molecule has 0 aromatic heterocycles. The molecule has 1 fully saturated rings. The molecule has 26 heavy (non-hydrogen) atoms. The Bertz CT molecular complexity index is 740. The minimum absolute atomic E-state index is 0.426. The molecule has 0 bridgehead atoms. The van der Waals surface area contributed by atoms with Crippen LogP contribution in [-0.4, -0.2) is 41.1 Å². The Hall–Kier alpha value is -1.88. The summed E-state index contributed by atoms with van der Waals surface area (Å²) in [5.41, 5.74) is 10.6. The highest BCUT2D eigenvalue weighted by Crippen LogP contribution is 2.33. The highest BCUT2D eigenvalue weighted by molar-refractivity contribution is 5.46. The van der Waals surface area contributed by atoms with Crippen LogP contribution in [-0.2, 0) is 13.0 Å². The first-order valence-electron chi connectivity index (χ1n) is 9.76. The normalized spacial score (nSPS) is 21.8. The summed E-state index contributed by atoms with van der Waals surface area (Å²) in [6.07, 6.45) is 3.02. The molecule has 3 N–H and O–H groups in total. The van der Waals surface area contributed by atoms with E-state index in [2.05, 4.69) is 40.1 Å². The van der Waals surface area contributed by atoms with E-state index in [-0.39, 0.29) is 0 Å². The zero-order valence-corrected chi connectivity index (χ0v) is 15.3. The summed E-state index contributed by atoms with van der Waals surface area (Å²) in [5, 5.41) is 10.6. The van der Waals surface area contributed by atoms with Gasteiger partial charge in [0.15, 0.2) is 0 Å². The molecule has 1 unspecified atom stereocenters. The lowest BCUT2D eigenvalue weighted by molar-refractivity contribution is -0.00370. The molecule has 2 aromatic carbocycles. The number of nitrogens with two attached hydrogens (primary N) is 1. The van der Waals surface area contributed by atoms with Gasteiger partial charge in [0.25, 0.3) is 0 Å². The molecule has 2 aliphatic rings. The molecule has 2 heterocycles. The van der Waals surface area contributed by atoms with Crippen molar-refractivity contribution < 1.29 is 5.11 Å². The van der Waals surface area contributed by atoms with E-state index in [1.807, 2.05) is 18.2 Å². The third-order valence-corrected chi connectivity index (χ3v) is 6.00. The predicted octanol–water partition coefficient (Wildman–Crippen LogP) is 3.03. The van der Waals surface area contributed by atoms with Crippen molar-refractivity contribution in [3.8, 4) is 0 Å². The van der Waals surface area contributed by atoms with Crippen LogP contribution in [0.15, 0.2) is 48.5 Å². The number of hydrogen-bond acceptors (Lipinski definition) is 4. The van der Waals surface area contributed by atoms with Gasteiger partial charge in [0, 0.05) is 25.3 Å². The number of aliphatic hydroxyl groups excluding tert-OH is 1. The van der Waals surface area contributed by atoms with E-state index in [0.29, 0.717) is 5.92 Å². The summed E-state index contributed by atoms with van der Waals surface area (Å²) in [6, 6.07) is 16.5. The second-order valence-electron chi connectivity index (χ2n) is 7.74. The fraction of sp³-hybridized carbons (Fsp3) is 0.455. The van der Waals surface area contributed by atoms with Gasteiger partial charge in [-0.1, -0.05) is 42.5 Å². The van der Waals surface area contributed by atoms with E-state index in [0.717, 1.165) is 50.4 Å². The number of fused-ring (bicyclic) bond motifs is 1. The molecule has 0 saturated carbocycles. The van der Waals surface area contributed by atoms with Gasteiger partial charge in [0.1, 0.15) is 6.23 Å². The molecule has 0 radical (unpaired) electrons. The molecule has 4 rings (SSSR count). The van der Waals surface area contributed by atoms with Crippen molar-refractivity contribution in [2.75, 3.05) is 31.9 Å². The van der Waals surface area contributed by atoms with E-state index < -0.39 is 6.23 Å². The minimum Gasteiger partial charge on any atom is -0.399 e. The first-order valence-corrected chi connectivity index (χ1v) is 9.76. The Morgan fingerprint density at radius 3 is 2.50 bits per heavy atom. The van der Waals surface area contributed by atoms with Gasteiger partial charge in [-0.05, 0) is 61.0 Å². The highest BCUT2D eigenvalue weighted by atomic mass is 16.3. The Morgan fingerprint density at radius 1 is 1.00 bits per heavy atom. The summed E-state index contributed by atoms with van der Waals surface area (Å²) in [4.78, 5) is 4.79. The number of rotatable bonds is 5. The molecule has 0 aliphatic carbocycles. The van der Waals surface area contributed by atoms with E-state index in [1.54, 1.807) is 0 Å². The number of benzene rings is 2. The zero-order chi connectivity index (χ0) is 17.9. The van der Waals surface area contributed by atoms with Crippen LogP contribution >= 0.6 is 0 Å². The summed E-state index contributed by atoms with van der Waals surface area (Å²) in [5.74, 6) is 0.678. The molecule has 2 aromatic rings. The van der Waals surface area contributed by atoms with Crippen LogP contribution in [0.25, 0.3) is 0 Å². The van der Waals surface area contributed by atoms with Crippen molar-refractivity contribution >= 4 is 5.69 Å². The SMILES string of the molecule is Nc1ccccc1CCN1CCC(CN2Cc3ccccc3C2O)CC1. The maximum Gasteiger partial charge on any atom is 0.134 e. The average molecular weight is 351 g/mol. The lowest BCUT2D eigenvalue weighted by atomic mass is 9.95. The summed E-state index contributed by atoms with van der Waals surface area (Å²) in [7, 11) is 0. The molecule has 4 heteroatoms. The molecule has 0 spiro atoms. The second kappa shape index (κ2) is 7.78. The number of nitrogens with zero attached hydrogens (tertiary/aromatic N) is 2. The van der Waals surface area contributed by atoms with Crippen LogP contribution in [0.2, 0.25) is 0 Å². The molecule has 138 valence electrons. The molecule has 1 atom stereocenters.